The highest BCUT2D eigenvalue weighted by molar-refractivity contribution is 5.84. The van der Waals surface area contributed by atoms with Gasteiger partial charge in [0.25, 0.3) is 11.5 Å². The maximum atomic E-state index is 13.1. The Labute approximate surface area is 269 Å². The molecule has 0 spiro atoms. The predicted octanol–water partition coefficient (Wildman–Crippen LogP) is 7.47. The zero-order valence-electron chi connectivity index (χ0n) is 26.3. The maximum Gasteiger partial charge on any atom is 0.430 e. The number of aliphatic hydroxyl groups is 1. The van der Waals surface area contributed by atoms with Crippen LogP contribution in [0.5, 0.6) is 5.75 Å². The minimum atomic E-state index is -5.96. The monoisotopic (exact) mass is 665 g/mol. The van der Waals surface area contributed by atoms with Crippen LogP contribution in [0.1, 0.15) is 60.1 Å². The number of ether oxygens (including phenoxy) is 1. The molecule has 0 aromatic heterocycles. The molecule has 1 amide bonds. The minimum absolute atomic E-state index is 0.0777. The molecule has 0 saturated carbocycles. The first-order valence-corrected chi connectivity index (χ1v) is 14.8. The molecule has 12 heteroatoms. The van der Waals surface area contributed by atoms with Crippen molar-refractivity contribution in [3.8, 4) is 5.75 Å². The van der Waals surface area contributed by atoms with Crippen LogP contribution in [-0.4, -0.2) is 52.7 Å². The maximum absolute atomic E-state index is 13.1. The molecule has 3 N–H and O–H groups in total. The summed E-state index contributed by atoms with van der Waals surface area (Å²) in [5.41, 5.74) is -2.00. The fraction of sp³-hybridized carbons (Fsp3) is 0.371. The van der Waals surface area contributed by atoms with Gasteiger partial charge in [-0.3, -0.25) is 4.79 Å². The van der Waals surface area contributed by atoms with Crippen LogP contribution in [0.3, 0.4) is 0 Å². The molecular weight excluding hydrogens is 628 g/mol. The fourth-order valence-electron chi connectivity index (χ4n) is 5.49. The summed E-state index contributed by atoms with van der Waals surface area (Å²) in [6, 6.07) is 17.9. The van der Waals surface area contributed by atoms with Gasteiger partial charge in [-0.15, -0.1) is 0 Å². The van der Waals surface area contributed by atoms with Gasteiger partial charge in [0.2, 0.25) is 0 Å². The van der Waals surface area contributed by atoms with Crippen molar-refractivity contribution in [3.63, 3.8) is 0 Å². The third kappa shape index (κ3) is 8.34. The van der Waals surface area contributed by atoms with E-state index in [0.29, 0.717) is 35.8 Å². The number of alkyl halides is 6. The minimum Gasteiger partial charge on any atom is -0.484 e. The third-order valence-corrected chi connectivity index (χ3v) is 8.40. The van der Waals surface area contributed by atoms with Crippen molar-refractivity contribution in [1.82, 2.24) is 5.32 Å². The second-order valence-corrected chi connectivity index (χ2v) is 11.4. The summed E-state index contributed by atoms with van der Waals surface area (Å²) in [5.74, 6) is -1.39. The van der Waals surface area contributed by atoms with Crippen molar-refractivity contribution in [3.05, 3.63) is 106 Å². The molecule has 0 heterocycles. The Hall–Kier alpha value is -4.32. The van der Waals surface area contributed by atoms with E-state index >= 15 is 0 Å². The molecule has 0 fully saturated rings. The summed E-state index contributed by atoms with van der Waals surface area (Å²) in [6.07, 6.45) is -10.3. The number of carboxylic acid groups (broad SMARTS) is 1. The third-order valence-electron chi connectivity index (χ3n) is 8.40. The van der Waals surface area contributed by atoms with E-state index in [-0.39, 0.29) is 18.1 Å². The van der Waals surface area contributed by atoms with E-state index in [9.17, 15) is 46.1 Å². The van der Waals surface area contributed by atoms with E-state index in [1.165, 1.54) is 6.07 Å². The normalized spacial score (nSPS) is 13.4. The van der Waals surface area contributed by atoms with Crippen LogP contribution in [0.2, 0.25) is 0 Å². The summed E-state index contributed by atoms with van der Waals surface area (Å²) < 4.78 is 84.5. The average molecular weight is 666 g/mol. The Balaban J connectivity index is 1.81. The molecule has 3 aromatic carbocycles. The van der Waals surface area contributed by atoms with Gasteiger partial charge >= 0.3 is 18.3 Å². The number of carboxylic acids is 1. The van der Waals surface area contributed by atoms with Gasteiger partial charge in [-0.05, 0) is 72.2 Å². The number of carbonyl (C=O) groups excluding carboxylic acids is 1. The van der Waals surface area contributed by atoms with Crippen molar-refractivity contribution in [1.29, 1.82) is 0 Å². The first kappa shape index (κ1) is 37.1. The van der Waals surface area contributed by atoms with Gasteiger partial charge in [0.05, 0.1) is 0 Å². The molecule has 3 rings (SSSR count). The lowest BCUT2D eigenvalue weighted by molar-refractivity contribution is -0.347. The van der Waals surface area contributed by atoms with Crippen molar-refractivity contribution >= 4 is 18.0 Å². The number of nitrogens with one attached hydrogen (secondary N) is 1. The van der Waals surface area contributed by atoms with Crippen molar-refractivity contribution in [2.75, 3.05) is 6.61 Å². The van der Waals surface area contributed by atoms with Gasteiger partial charge in [0.15, 0.2) is 6.61 Å². The van der Waals surface area contributed by atoms with E-state index in [2.05, 4.69) is 5.32 Å². The Kier molecular flexibility index (Phi) is 11.6. The highest BCUT2D eigenvalue weighted by Crippen LogP contribution is 2.45. The van der Waals surface area contributed by atoms with E-state index in [1.54, 1.807) is 62.4 Å². The van der Waals surface area contributed by atoms with E-state index < -0.39 is 47.9 Å². The molecule has 3 aromatic rings. The van der Waals surface area contributed by atoms with Gasteiger partial charge in [-0.25, -0.2) is 4.79 Å². The summed E-state index contributed by atoms with van der Waals surface area (Å²) in [4.78, 5) is 24.3. The Morgan fingerprint density at radius 1 is 0.851 bits per heavy atom. The molecule has 6 nitrogen and oxygen atoms in total. The largest absolute Gasteiger partial charge is 0.484 e. The molecule has 0 aliphatic carbocycles. The number of carbonyl (C=O) groups is 2. The van der Waals surface area contributed by atoms with Crippen LogP contribution in [0.15, 0.2) is 72.8 Å². The topological polar surface area (TPSA) is 95.9 Å². The summed E-state index contributed by atoms with van der Waals surface area (Å²) in [5, 5.41) is 21.5. The SMILES string of the molecule is CCC(CC)(c1ccc(/C=C/C(O)(C(F)(F)F)C(F)(F)F)c(C)c1)c1ccc(OCC(=O)N[C@@H](Cc2ccccc2)C(=O)O)c(C)c1. The highest BCUT2D eigenvalue weighted by atomic mass is 19.4. The van der Waals surface area contributed by atoms with Crippen LogP contribution in [0, 0.1) is 13.8 Å². The number of amides is 1. The van der Waals surface area contributed by atoms with E-state index in [0.717, 1.165) is 16.7 Å². The number of halogens is 6. The molecule has 47 heavy (non-hydrogen) atoms. The van der Waals surface area contributed by atoms with Gasteiger partial charge < -0.3 is 20.3 Å². The van der Waals surface area contributed by atoms with Gasteiger partial charge in [-0.2, -0.15) is 26.3 Å². The fourth-order valence-corrected chi connectivity index (χ4v) is 5.49. The zero-order valence-corrected chi connectivity index (χ0v) is 26.3. The first-order valence-electron chi connectivity index (χ1n) is 14.8. The molecule has 1 atom stereocenters. The summed E-state index contributed by atoms with van der Waals surface area (Å²) in [6.45, 7) is 6.83. The van der Waals surface area contributed by atoms with Gasteiger partial charge in [0, 0.05) is 11.8 Å². The van der Waals surface area contributed by atoms with Crippen molar-refractivity contribution in [2.24, 2.45) is 0 Å². The highest BCUT2D eigenvalue weighted by Gasteiger charge is 2.69. The molecule has 0 aliphatic heterocycles. The number of hydrogen-bond donors (Lipinski definition) is 3. The average Bonchev–Trinajstić information content (AvgIpc) is 3.00. The number of aryl methyl sites for hydroxylation is 2. The van der Waals surface area contributed by atoms with Gasteiger partial charge in [0.1, 0.15) is 11.8 Å². The van der Waals surface area contributed by atoms with Crippen molar-refractivity contribution < 1.29 is 50.9 Å². The van der Waals surface area contributed by atoms with E-state index in [1.807, 2.05) is 26.0 Å². The second kappa shape index (κ2) is 14.6. The Bertz CT molecular complexity index is 1570. The first-order chi connectivity index (χ1) is 21.9. The number of hydrogen-bond acceptors (Lipinski definition) is 4. The standard InChI is InChI=1S/C35H37F6NO5/c1-5-32(6-2,26-13-12-25(22(3)18-26)16-17-33(46,34(36,37)38)35(39,40)41)27-14-15-29(23(4)19-27)47-21-30(43)42-28(31(44)45)20-24-10-8-7-9-11-24/h7-19,28,46H,5-6,20-21H2,1-4H3,(H,42,43)(H,44,45)/b17-16+/t28-/m0/s1. The molecular formula is C35H37F6NO5. The second-order valence-electron chi connectivity index (χ2n) is 11.4. The van der Waals surface area contributed by atoms with Crippen LogP contribution in [0.4, 0.5) is 26.3 Å². The summed E-state index contributed by atoms with van der Waals surface area (Å²) in [7, 11) is 0. The molecule has 254 valence electrons. The molecule has 0 unspecified atom stereocenters. The lowest BCUT2D eigenvalue weighted by Crippen LogP contribution is -2.55. The van der Waals surface area contributed by atoms with Crippen LogP contribution in [0.25, 0.3) is 6.08 Å². The van der Waals surface area contributed by atoms with E-state index in [4.69, 9.17) is 4.74 Å². The van der Waals surface area contributed by atoms with Crippen LogP contribution >= 0.6 is 0 Å². The molecule has 0 saturated heterocycles. The van der Waals surface area contributed by atoms with Gasteiger partial charge in [-0.1, -0.05) is 80.6 Å². The number of rotatable bonds is 13. The predicted molar refractivity (Wildman–Crippen MR) is 165 cm³/mol. The zero-order chi connectivity index (χ0) is 35.2. The Morgan fingerprint density at radius 2 is 1.40 bits per heavy atom. The number of aliphatic carboxylic acids is 1. The van der Waals surface area contributed by atoms with Crippen molar-refractivity contribution in [2.45, 2.75) is 76.4 Å². The number of benzene rings is 3. The summed E-state index contributed by atoms with van der Waals surface area (Å²) >= 11 is 0. The lowest BCUT2D eigenvalue weighted by Gasteiger charge is -2.34. The Morgan fingerprint density at radius 3 is 1.89 bits per heavy atom. The smallest absolute Gasteiger partial charge is 0.430 e. The molecule has 0 bridgehead atoms. The quantitative estimate of drug-likeness (QED) is 0.165. The lowest BCUT2D eigenvalue weighted by atomic mass is 9.70. The van der Waals surface area contributed by atoms with Crippen LogP contribution in [-0.2, 0) is 21.4 Å². The molecule has 0 radical (unpaired) electrons. The molecule has 0 aliphatic rings. The van der Waals surface area contributed by atoms with Crippen LogP contribution < -0.4 is 10.1 Å².